The summed E-state index contributed by atoms with van der Waals surface area (Å²) in [6, 6.07) is 0. The van der Waals surface area contributed by atoms with Gasteiger partial charge in [0.25, 0.3) is 0 Å². The molecule has 16 heavy (non-hydrogen) atoms. The molecule has 3 N–H and O–H groups in total. The predicted octanol–water partition coefficient (Wildman–Crippen LogP) is 0.774. The van der Waals surface area contributed by atoms with Crippen molar-refractivity contribution in [1.82, 2.24) is 0 Å². The summed E-state index contributed by atoms with van der Waals surface area (Å²) in [7, 11) is 0. The third-order valence-electron chi connectivity index (χ3n) is 5.54. The molecule has 0 aromatic carbocycles. The maximum Gasteiger partial charge on any atom is 0.0776 e. The van der Waals surface area contributed by atoms with Gasteiger partial charge in [0.1, 0.15) is 0 Å². The minimum atomic E-state index is -0.781. The van der Waals surface area contributed by atoms with Gasteiger partial charge in [-0.25, -0.2) is 0 Å². The predicted molar refractivity (Wildman–Crippen MR) is 59.7 cm³/mol. The highest BCUT2D eigenvalue weighted by molar-refractivity contribution is 5.09. The van der Waals surface area contributed by atoms with E-state index in [0.717, 1.165) is 37.5 Å². The van der Waals surface area contributed by atoms with E-state index in [1.807, 2.05) is 0 Å². The Bertz CT molecular complexity index is 244. The van der Waals surface area contributed by atoms with Crippen LogP contribution in [0.3, 0.4) is 0 Å². The van der Waals surface area contributed by atoms with Crippen molar-refractivity contribution in [2.45, 2.75) is 37.7 Å². The highest BCUT2D eigenvalue weighted by atomic mass is 16.3. The number of hydrogen-bond donors (Lipinski definition) is 3. The normalized spacial score (nSPS) is 50.2. The van der Waals surface area contributed by atoms with Crippen molar-refractivity contribution in [3.63, 3.8) is 0 Å². The Morgan fingerprint density at radius 1 is 0.875 bits per heavy atom. The molecule has 4 bridgehead atoms. The first-order valence-electron chi connectivity index (χ1n) is 6.62. The minimum Gasteiger partial charge on any atom is -0.396 e. The second-order valence-electron chi connectivity index (χ2n) is 6.25. The van der Waals surface area contributed by atoms with Gasteiger partial charge in [0.05, 0.1) is 18.8 Å². The monoisotopic (exact) mass is 226 g/mol. The maximum atomic E-state index is 10.9. The van der Waals surface area contributed by atoms with Crippen molar-refractivity contribution in [2.24, 2.45) is 29.6 Å². The van der Waals surface area contributed by atoms with Crippen LogP contribution in [0.4, 0.5) is 0 Å². The number of aliphatic hydroxyl groups excluding tert-OH is 2. The Hall–Kier alpha value is -0.120. The molecule has 0 amide bonds. The Morgan fingerprint density at radius 2 is 1.31 bits per heavy atom. The molecule has 4 rings (SSSR count). The van der Waals surface area contributed by atoms with Crippen LogP contribution in [0, 0.1) is 29.6 Å². The average molecular weight is 226 g/mol. The highest BCUT2D eigenvalue weighted by Crippen LogP contribution is 2.60. The molecule has 3 heteroatoms. The van der Waals surface area contributed by atoms with Crippen molar-refractivity contribution in [3.8, 4) is 0 Å². The smallest absolute Gasteiger partial charge is 0.0776 e. The van der Waals surface area contributed by atoms with E-state index in [0.29, 0.717) is 11.8 Å². The van der Waals surface area contributed by atoms with Crippen LogP contribution in [0.2, 0.25) is 0 Å². The zero-order valence-corrected chi connectivity index (χ0v) is 9.68. The second kappa shape index (κ2) is 3.69. The molecular weight excluding hydrogens is 204 g/mol. The lowest BCUT2D eigenvalue weighted by atomic mass is 9.47. The van der Waals surface area contributed by atoms with E-state index in [1.165, 1.54) is 6.42 Å². The van der Waals surface area contributed by atoms with Gasteiger partial charge in [0.15, 0.2) is 0 Å². The van der Waals surface area contributed by atoms with E-state index in [-0.39, 0.29) is 19.1 Å². The molecule has 0 aliphatic heterocycles. The van der Waals surface area contributed by atoms with Crippen molar-refractivity contribution in [3.05, 3.63) is 0 Å². The van der Waals surface area contributed by atoms with Gasteiger partial charge in [0.2, 0.25) is 0 Å². The van der Waals surface area contributed by atoms with Gasteiger partial charge in [-0.15, -0.1) is 0 Å². The van der Waals surface area contributed by atoms with Crippen molar-refractivity contribution < 1.29 is 15.3 Å². The van der Waals surface area contributed by atoms with E-state index in [1.54, 1.807) is 0 Å². The lowest BCUT2D eigenvalue weighted by Crippen LogP contribution is -2.62. The molecule has 4 fully saturated rings. The summed E-state index contributed by atoms with van der Waals surface area (Å²) in [5.74, 6) is 1.94. The van der Waals surface area contributed by atoms with Crippen LogP contribution >= 0.6 is 0 Å². The molecule has 3 nitrogen and oxygen atoms in total. The van der Waals surface area contributed by atoms with Gasteiger partial charge in [-0.05, 0) is 55.8 Å². The Labute approximate surface area is 96.5 Å². The van der Waals surface area contributed by atoms with E-state index in [4.69, 9.17) is 0 Å². The van der Waals surface area contributed by atoms with Gasteiger partial charge >= 0.3 is 0 Å². The Balaban J connectivity index is 1.89. The first kappa shape index (κ1) is 11.0. The van der Waals surface area contributed by atoms with E-state index >= 15 is 0 Å². The van der Waals surface area contributed by atoms with E-state index in [2.05, 4.69) is 0 Å². The summed E-state index contributed by atoms with van der Waals surface area (Å²) in [4.78, 5) is 0. The molecule has 0 aromatic rings. The molecule has 0 atom stereocenters. The molecule has 0 spiro atoms. The zero-order chi connectivity index (χ0) is 11.3. The molecule has 0 radical (unpaired) electrons. The summed E-state index contributed by atoms with van der Waals surface area (Å²) in [5.41, 5.74) is -0.781. The van der Waals surface area contributed by atoms with E-state index in [9.17, 15) is 15.3 Å². The SMILES string of the molecule is OCC(CO)C1(O)C2CC3CC(C2)CC1C3. The summed E-state index contributed by atoms with van der Waals surface area (Å²) in [6.45, 7) is -0.176. The number of rotatable bonds is 3. The topological polar surface area (TPSA) is 60.7 Å². The lowest BCUT2D eigenvalue weighted by molar-refractivity contribution is -0.213. The molecule has 0 heterocycles. The van der Waals surface area contributed by atoms with Crippen LogP contribution in [0.25, 0.3) is 0 Å². The third kappa shape index (κ3) is 1.31. The minimum absolute atomic E-state index is 0.0880. The molecular formula is C13H22O3. The number of hydrogen-bond acceptors (Lipinski definition) is 3. The Morgan fingerprint density at radius 3 is 1.69 bits per heavy atom. The summed E-state index contributed by atoms with van der Waals surface area (Å²) in [6.07, 6.45) is 5.80. The first-order chi connectivity index (χ1) is 7.68. The van der Waals surface area contributed by atoms with Crippen molar-refractivity contribution in [1.29, 1.82) is 0 Å². The fourth-order valence-corrected chi connectivity index (χ4v) is 4.96. The van der Waals surface area contributed by atoms with Crippen LogP contribution in [-0.4, -0.2) is 34.1 Å². The summed E-state index contributed by atoms with van der Waals surface area (Å²) >= 11 is 0. The van der Waals surface area contributed by atoms with Gasteiger partial charge in [0, 0.05) is 5.92 Å². The zero-order valence-electron chi connectivity index (χ0n) is 9.68. The molecule has 4 aliphatic carbocycles. The fourth-order valence-electron chi connectivity index (χ4n) is 4.96. The molecule has 0 unspecified atom stereocenters. The molecule has 92 valence electrons. The van der Waals surface area contributed by atoms with Gasteiger partial charge in [-0.3, -0.25) is 0 Å². The van der Waals surface area contributed by atoms with Gasteiger partial charge in [-0.2, -0.15) is 0 Å². The molecule has 0 saturated heterocycles. The van der Waals surface area contributed by atoms with Crippen LogP contribution in [0.1, 0.15) is 32.1 Å². The fraction of sp³-hybridized carbons (Fsp3) is 1.00. The summed E-state index contributed by atoms with van der Waals surface area (Å²) < 4.78 is 0. The van der Waals surface area contributed by atoms with Crippen molar-refractivity contribution in [2.75, 3.05) is 13.2 Å². The first-order valence-corrected chi connectivity index (χ1v) is 6.62. The molecule has 4 aliphatic rings. The van der Waals surface area contributed by atoms with Crippen LogP contribution in [-0.2, 0) is 0 Å². The van der Waals surface area contributed by atoms with Crippen molar-refractivity contribution >= 4 is 0 Å². The summed E-state index contributed by atoms with van der Waals surface area (Å²) in [5, 5.41) is 29.6. The highest BCUT2D eigenvalue weighted by Gasteiger charge is 2.59. The quantitative estimate of drug-likeness (QED) is 0.666. The largest absolute Gasteiger partial charge is 0.396 e. The molecule has 4 saturated carbocycles. The van der Waals surface area contributed by atoms with E-state index < -0.39 is 5.60 Å². The second-order valence-corrected chi connectivity index (χ2v) is 6.25. The van der Waals surface area contributed by atoms with Crippen LogP contribution in [0.15, 0.2) is 0 Å². The average Bonchev–Trinajstić information content (AvgIpc) is 2.26. The van der Waals surface area contributed by atoms with Gasteiger partial charge in [-0.1, -0.05) is 0 Å². The van der Waals surface area contributed by atoms with Crippen LogP contribution in [0.5, 0.6) is 0 Å². The lowest BCUT2D eigenvalue weighted by Gasteiger charge is -2.60. The Kier molecular flexibility index (Phi) is 2.54. The van der Waals surface area contributed by atoms with Crippen LogP contribution < -0.4 is 0 Å². The maximum absolute atomic E-state index is 10.9. The standard InChI is InChI=1S/C13H22O3/c14-6-12(7-15)13(16)10-2-8-1-9(4-10)5-11(13)3-8/h8-12,14-16H,1-7H2. The number of aliphatic hydroxyl groups is 3. The van der Waals surface area contributed by atoms with Gasteiger partial charge < -0.3 is 15.3 Å². The third-order valence-corrected chi connectivity index (χ3v) is 5.54. The molecule has 0 aromatic heterocycles.